The van der Waals surface area contributed by atoms with Gasteiger partial charge in [0.2, 0.25) is 0 Å². The Bertz CT molecular complexity index is 787. The lowest BCUT2D eigenvalue weighted by molar-refractivity contribution is 0.0525. The van der Waals surface area contributed by atoms with Gasteiger partial charge in [0.15, 0.2) is 0 Å². The number of hydrogen-bond donors (Lipinski definition) is 0. The molecule has 0 atom stereocenters. The van der Waals surface area contributed by atoms with Crippen molar-refractivity contribution >= 4 is 17.7 Å². The molecule has 0 aliphatic carbocycles. The molecule has 6 nitrogen and oxygen atoms in total. The molecular weight excluding hydrogens is 337 g/mol. The lowest BCUT2D eigenvalue weighted by Gasteiger charge is -2.35. The number of halogens is 1. The number of amides is 1. The fraction of sp³-hybridized carbons (Fsp3) is 0.316. The average molecular weight is 357 g/mol. The first-order chi connectivity index (χ1) is 12.6. The third kappa shape index (κ3) is 3.99. The molecule has 0 bridgehead atoms. The molecule has 1 saturated heterocycles. The van der Waals surface area contributed by atoms with Gasteiger partial charge in [0.1, 0.15) is 11.6 Å². The van der Waals surface area contributed by atoms with Gasteiger partial charge >= 0.3 is 5.97 Å². The van der Waals surface area contributed by atoms with Crippen molar-refractivity contribution in [2.45, 2.75) is 6.92 Å². The topological polar surface area (TPSA) is 62.7 Å². The molecule has 0 unspecified atom stereocenters. The van der Waals surface area contributed by atoms with Gasteiger partial charge in [0, 0.05) is 37.9 Å². The Morgan fingerprint density at radius 2 is 1.88 bits per heavy atom. The minimum atomic E-state index is -0.416. The summed E-state index contributed by atoms with van der Waals surface area (Å²) in [6, 6.07) is 9.19. The summed E-state index contributed by atoms with van der Waals surface area (Å²) < 4.78 is 18.2. The Balaban J connectivity index is 1.60. The predicted octanol–water partition coefficient (Wildman–Crippen LogP) is 2.36. The monoisotopic (exact) mass is 357 g/mol. The zero-order valence-electron chi connectivity index (χ0n) is 14.5. The van der Waals surface area contributed by atoms with Gasteiger partial charge in [0.25, 0.3) is 5.91 Å². The summed E-state index contributed by atoms with van der Waals surface area (Å²) in [5, 5.41) is 0. The van der Waals surface area contributed by atoms with E-state index in [4.69, 9.17) is 4.74 Å². The first-order valence-electron chi connectivity index (χ1n) is 8.51. The summed E-state index contributed by atoms with van der Waals surface area (Å²) in [4.78, 5) is 32.2. The molecule has 1 aliphatic rings. The maximum absolute atomic E-state index is 13.3. The van der Waals surface area contributed by atoms with E-state index < -0.39 is 11.8 Å². The normalized spacial score (nSPS) is 14.2. The lowest BCUT2D eigenvalue weighted by Crippen LogP contribution is -2.49. The maximum atomic E-state index is 13.3. The van der Waals surface area contributed by atoms with Crippen LogP contribution in [0.15, 0.2) is 42.6 Å². The second-order valence-electron chi connectivity index (χ2n) is 5.92. The lowest BCUT2D eigenvalue weighted by atomic mass is 10.1. The third-order valence-electron chi connectivity index (χ3n) is 4.22. The number of esters is 1. The van der Waals surface area contributed by atoms with Crippen molar-refractivity contribution in [1.29, 1.82) is 0 Å². The largest absolute Gasteiger partial charge is 0.462 e. The van der Waals surface area contributed by atoms with Crippen LogP contribution in [0.5, 0.6) is 0 Å². The van der Waals surface area contributed by atoms with Gasteiger partial charge in [-0.25, -0.2) is 14.2 Å². The van der Waals surface area contributed by atoms with Crippen LogP contribution in [0.1, 0.15) is 27.6 Å². The molecule has 1 aromatic carbocycles. The minimum Gasteiger partial charge on any atom is -0.462 e. The van der Waals surface area contributed by atoms with Crippen LogP contribution in [0, 0.1) is 5.82 Å². The Kier molecular flexibility index (Phi) is 5.46. The predicted molar refractivity (Wildman–Crippen MR) is 94.7 cm³/mol. The Hall–Kier alpha value is -2.96. The van der Waals surface area contributed by atoms with Gasteiger partial charge in [0.05, 0.1) is 12.2 Å². The van der Waals surface area contributed by atoms with Gasteiger partial charge in [-0.05, 0) is 37.3 Å². The van der Waals surface area contributed by atoms with Crippen LogP contribution >= 0.6 is 0 Å². The van der Waals surface area contributed by atoms with Crippen molar-refractivity contribution in [3.8, 4) is 0 Å². The van der Waals surface area contributed by atoms with Crippen molar-refractivity contribution in [2.75, 3.05) is 37.7 Å². The highest BCUT2D eigenvalue weighted by atomic mass is 19.1. The molecule has 1 aromatic heterocycles. The molecule has 26 heavy (non-hydrogen) atoms. The van der Waals surface area contributed by atoms with Gasteiger partial charge in [-0.1, -0.05) is 6.07 Å². The zero-order chi connectivity index (χ0) is 18.5. The Morgan fingerprint density at radius 3 is 2.50 bits per heavy atom. The van der Waals surface area contributed by atoms with E-state index in [0.29, 0.717) is 43.9 Å². The molecule has 2 aromatic rings. The van der Waals surface area contributed by atoms with Crippen LogP contribution in [-0.4, -0.2) is 54.5 Å². The van der Waals surface area contributed by atoms with Gasteiger partial charge in [-0.3, -0.25) is 4.79 Å². The third-order valence-corrected chi connectivity index (χ3v) is 4.22. The first kappa shape index (κ1) is 17.8. The van der Waals surface area contributed by atoms with E-state index >= 15 is 0 Å². The van der Waals surface area contributed by atoms with Gasteiger partial charge in [-0.15, -0.1) is 0 Å². The smallest absolute Gasteiger partial charge is 0.339 e. The molecule has 0 saturated carbocycles. The summed E-state index contributed by atoms with van der Waals surface area (Å²) in [5.41, 5.74) is 0.769. The average Bonchev–Trinajstić information content (AvgIpc) is 2.68. The van der Waals surface area contributed by atoms with E-state index in [1.807, 2.05) is 4.90 Å². The highest BCUT2D eigenvalue weighted by Gasteiger charge is 2.23. The molecule has 2 heterocycles. The summed E-state index contributed by atoms with van der Waals surface area (Å²) in [6.07, 6.45) is 1.50. The molecule has 136 valence electrons. The number of anilines is 1. The number of benzene rings is 1. The highest BCUT2D eigenvalue weighted by molar-refractivity contribution is 5.94. The number of ether oxygens (including phenoxy) is 1. The van der Waals surface area contributed by atoms with Crippen LogP contribution < -0.4 is 4.90 Å². The van der Waals surface area contributed by atoms with Crippen LogP contribution in [-0.2, 0) is 4.74 Å². The van der Waals surface area contributed by atoms with Crippen molar-refractivity contribution in [3.05, 3.63) is 59.5 Å². The minimum absolute atomic E-state index is 0.172. The second kappa shape index (κ2) is 7.95. The number of carbonyl (C=O) groups is 2. The Labute approximate surface area is 151 Å². The number of pyridine rings is 1. The van der Waals surface area contributed by atoms with E-state index in [0.717, 1.165) is 5.82 Å². The highest BCUT2D eigenvalue weighted by Crippen LogP contribution is 2.16. The number of nitrogens with zero attached hydrogens (tertiary/aromatic N) is 3. The van der Waals surface area contributed by atoms with Crippen LogP contribution in [0.4, 0.5) is 10.2 Å². The van der Waals surface area contributed by atoms with Crippen LogP contribution in [0.3, 0.4) is 0 Å². The molecule has 3 rings (SSSR count). The van der Waals surface area contributed by atoms with E-state index in [2.05, 4.69) is 4.98 Å². The first-order valence-corrected chi connectivity index (χ1v) is 8.51. The molecule has 0 N–H and O–H groups in total. The molecule has 7 heteroatoms. The molecule has 0 radical (unpaired) electrons. The van der Waals surface area contributed by atoms with E-state index in [1.54, 1.807) is 30.0 Å². The van der Waals surface area contributed by atoms with Crippen LogP contribution in [0.25, 0.3) is 0 Å². The van der Waals surface area contributed by atoms with Crippen molar-refractivity contribution in [1.82, 2.24) is 9.88 Å². The number of carbonyl (C=O) groups excluding carboxylic acids is 2. The van der Waals surface area contributed by atoms with E-state index in [1.165, 1.54) is 24.4 Å². The molecule has 0 spiro atoms. The SMILES string of the molecule is CCOC(=O)c1ccc(N2CCN(C(=O)c3cccc(F)c3)CC2)nc1. The molecule has 1 aliphatic heterocycles. The van der Waals surface area contributed by atoms with Crippen LogP contribution in [0.2, 0.25) is 0 Å². The fourth-order valence-electron chi connectivity index (χ4n) is 2.85. The quantitative estimate of drug-likeness (QED) is 0.786. The number of aromatic nitrogens is 1. The zero-order valence-corrected chi connectivity index (χ0v) is 14.5. The molecular formula is C19H20FN3O3. The number of rotatable bonds is 4. The summed E-state index contributed by atoms with van der Waals surface area (Å²) >= 11 is 0. The molecule has 1 fully saturated rings. The Morgan fingerprint density at radius 1 is 1.12 bits per heavy atom. The fourth-order valence-corrected chi connectivity index (χ4v) is 2.85. The summed E-state index contributed by atoms with van der Waals surface area (Å²) in [7, 11) is 0. The van der Waals surface area contributed by atoms with Gasteiger partial charge in [-0.2, -0.15) is 0 Å². The van der Waals surface area contributed by atoms with Gasteiger partial charge < -0.3 is 14.5 Å². The van der Waals surface area contributed by atoms with E-state index in [-0.39, 0.29) is 5.91 Å². The van der Waals surface area contributed by atoms with E-state index in [9.17, 15) is 14.0 Å². The maximum Gasteiger partial charge on any atom is 0.339 e. The number of piperazine rings is 1. The number of hydrogen-bond acceptors (Lipinski definition) is 5. The second-order valence-corrected chi connectivity index (χ2v) is 5.92. The summed E-state index contributed by atoms with van der Waals surface area (Å²) in [5.74, 6) is -0.233. The van der Waals surface area contributed by atoms with Crippen molar-refractivity contribution in [2.24, 2.45) is 0 Å². The van der Waals surface area contributed by atoms with Crippen molar-refractivity contribution < 1.29 is 18.7 Å². The molecule has 1 amide bonds. The standard InChI is InChI=1S/C19H20FN3O3/c1-2-26-19(25)15-6-7-17(21-13-15)22-8-10-23(11-9-22)18(24)14-4-3-5-16(20)12-14/h3-7,12-13H,2,8-11H2,1H3. The van der Waals surface area contributed by atoms with Crippen molar-refractivity contribution in [3.63, 3.8) is 0 Å². The summed E-state index contributed by atoms with van der Waals surface area (Å²) in [6.45, 7) is 4.36.